The summed E-state index contributed by atoms with van der Waals surface area (Å²) in [7, 11) is 0. The van der Waals surface area contributed by atoms with Gasteiger partial charge in [0, 0.05) is 23.7 Å². The van der Waals surface area contributed by atoms with Crippen molar-refractivity contribution in [2.75, 3.05) is 0 Å². The van der Waals surface area contributed by atoms with Crippen LogP contribution in [0, 0.1) is 17.2 Å². The van der Waals surface area contributed by atoms with Gasteiger partial charge in [0.05, 0.1) is 11.4 Å². The van der Waals surface area contributed by atoms with Crippen LogP contribution in [-0.2, 0) is 0 Å². The van der Waals surface area contributed by atoms with Crippen molar-refractivity contribution in [3.8, 4) is 11.4 Å². The van der Waals surface area contributed by atoms with Crippen molar-refractivity contribution < 1.29 is 0 Å². The summed E-state index contributed by atoms with van der Waals surface area (Å²) in [5.41, 5.74) is 10.8. The highest BCUT2D eigenvalue weighted by Gasteiger charge is 2.21. The van der Waals surface area contributed by atoms with Crippen LogP contribution in [0.3, 0.4) is 0 Å². The van der Waals surface area contributed by atoms with Crippen LogP contribution in [0.2, 0.25) is 0 Å². The first-order chi connectivity index (χ1) is 11.8. The van der Waals surface area contributed by atoms with Crippen molar-refractivity contribution in [1.82, 2.24) is 9.55 Å². The van der Waals surface area contributed by atoms with Gasteiger partial charge in [-0.3, -0.25) is 4.57 Å². The minimum atomic E-state index is 0.0860. The van der Waals surface area contributed by atoms with E-state index in [1.54, 1.807) is 6.20 Å². The van der Waals surface area contributed by atoms with Gasteiger partial charge >= 0.3 is 0 Å². The number of aromatic nitrogens is 2. The Morgan fingerprint density at radius 3 is 2.24 bits per heavy atom. The average molecular weight is 338 g/mol. The number of hydrogen-bond acceptors (Lipinski definition) is 3. The molecule has 134 valence electrons. The van der Waals surface area contributed by atoms with Crippen LogP contribution in [0.5, 0.6) is 0 Å². The molecule has 0 aliphatic heterocycles. The molecule has 0 aliphatic rings. The lowest BCUT2D eigenvalue weighted by Gasteiger charge is -2.21. The molecule has 0 amide bonds. The molecule has 0 atom stereocenters. The molecule has 0 spiro atoms. The predicted octanol–water partition coefficient (Wildman–Crippen LogP) is 5.13. The van der Waals surface area contributed by atoms with E-state index < -0.39 is 0 Å². The number of hydrogen-bond donors (Lipinski definition) is 2. The van der Waals surface area contributed by atoms with Crippen molar-refractivity contribution in [1.29, 1.82) is 5.41 Å². The van der Waals surface area contributed by atoms with E-state index in [-0.39, 0.29) is 11.8 Å². The first-order valence-electron chi connectivity index (χ1n) is 8.97. The summed E-state index contributed by atoms with van der Waals surface area (Å²) in [6.07, 6.45) is 3.70. The van der Waals surface area contributed by atoms with E-state index in [4.69, 9.17) is 11.1 Å². The number of benzene rings is 1. The molecule has 0 saturated carbocycles. The summed E-state index contributed by atoms with van der Waals surface area (Å²) >= 11 is 0. The molecule has 2 rings (SSSR count). The van der Waals surface area contributed by atoms with Gasteiger partial charge in [-0.15, -0.1) is 0 Å². The van der Waals surface area contributed by atoms with Gasteiger partial charge in [0.1, 0.15) is 5.82 Å². The highest BCUT2D eigenvalue weighted by molar-refractivity contribution is 6.19. The number of allylic oxidation sites excluding steroid dienone is 2. The lowest BCUT2D eigenvalue weighted by Crippen LogP contribution is -2.22. The average Bonchev–Trinajstić information content (AvgIpc) is 3.03. The minimum Gasteiger partial charge on any atom is -0.400 e. The first-order valence-corrected chi connectivity index (χ1v) is 8.97. The standard InChI is InChI=1S/C21H30N4/c1-13(2)16-9-7-8-10-17(16)21-24-11-12-25(21)20(18(22)14(3)4)19(23)15(5)6/h7-15,22H,23H2,1-6H3. The Hall–Kier alpha value is -2.36. The van der Waals surface area contributed by atoms with E-state index in [2.05, 4.69) is 50.9 Å². The van der Waals surface area contributed by atoms with Crippen LogP contribution in [0.4, 0.5) is 0 Å². The maximum atomic E-state index is 8.61. The number of nitrogens with one attached hydrogen (secondary N) is 1. The Balaban J connectivity index is 2.72. The smallest absolute Gasteiger partial charge is 0.144 e. The molecule has 1 aromatic carbocycles. The summed E-state index contributed by atoms with van der Waals surface area (Å²) in [6.45, 7) is 12.5. The number of rotatable bonds is 6. The van der Waals surface area contributed by atoms with Gasteiger partial charge in [-0.25, -0.2) is 4.98 Å². The molecule has 1 heterocycles. The maximum absolute atomic E-state index is 8.61. The summed E-state index contributed by atoms with van der Waals surface area (Å²) in [4.78, 5) is 4.61. The van der Waals surface area contributed by atoms with Crippen molar-refractivity contribution in [2.24, 2.45) is 17.6 Å². The van der Waals surface area contributed by atoms with Crippen LogP contribution in [0.25, 0.3) is 17.1 Å². The molecule has 4 heteroatoms. The molecule has 0 saturated heterocycles. The van der Waals surface area contributed by atoms with E-state index >= 15 is 0 Å². The number of imidazole rings is 1. The van der Waals surface area contributed by atoms with E-state index in [1.807, 2.05) is 30.7 Å². The Labute approximate surface area is 151 Å². The molecular formula is C21H30N4. The van der Waals surface area contributed by atoms with Gasteiger partial charge in [-0.1, -0.05) is 65.8 Å². The molecular weight excluding hydrogens is 308 g/mol. The Morgan fingerprint density at radius 2 is 1.68 bits per heavy atom. The van der Waals surface area contributed by atoms with Gasteiger partial charge in [0.25, 0.3) is 0 Å². The highest BCUT2D eigenvalue weighted by atomic mass is 15.1. The summed E-state index contributed by atoms with van der Waals surface area (Å²) in [5, 5.41) is 8.61. The topological polar surface area (TPSA) is 67.7 Å². The van der Waals surface area contributed by atoms with Gasteiger partial charge in [0.15, 0.2) is 0 Å². The molecule has 0 fully saturated rings. The Kier molecular flexibility index (Phi) is 5.83. The Morgan fingerprint density at radius 1 is 1.04 bits per heavy atom. The third-order valence-corrected chi connectivity index (χ3v) is 4.43. The monoisotopic (exact) mass is 338 g/mol. The molecule has 0 aliphatic carbocycles. The molecule has 0 radical (unpaired) electrons. The number of nitrogens with zero attached hydrogens (tertiary/aromatic N) is 2. The van der Waals surface area contributed by atoms with Crippen LogP contribution in [-0.4, -0.2) is 15.3 Å². The number of nitrogens with two attached hydrogens (primary N) is 1. The highest BCUT2D eigenvalue weighted by Crippen LogP contribution is 2.31. The Bertz CT molecular complexity index is 779. The quantitative estimate of drug-likeness (QED) is 0.717. The van der Waals surface area contributed by atoms with Gasteiger partial charge in [-0.2, -0.15) is 0 Å². The van der Waals surface area contributed by atoms with Crippen molar-refractivity contribution in [2.45, 2.75) is 47.5 Å². The summed E-state index contributed by atoms with van der Waals surface area (Å²) in [6, 6.07) is 8.32. The SMILES string of the molecule is CC(C)C(=N)C(=C(N)C(C)C)n1ccnc1-c1ccccc1C(C)C. The lowest BCUT2D eigenvalue weighted by atomic mass is 9.96. The largest absolute Gasteiger partial charge is 0.400 e. The minimum absolute atomic E-state index is 0.0860. The van der Waals surface area contributed by atoms with E-state index in [9.17, 15) is 0 Å². The molecule has 3 N–H and O–H groups in total. The summed E-state index contributed by atoms with van der Waals surface area (Å²) < 4.78 is 1.98. The van der Waals surface area contributed by atoms with Gasteiger partial charge < -0.3 is 11.1 Å². The second-order valence-corrected chi connectivity index (χ2v) is 7.39. The normalized spacial score (nSPS) is 12.8. The molecule has 2 aromatic rings. The molecule has 0 unspecified atom stereocenters. The van der Waals surface area contributed by atoms with E-state index in [0.29, 0.717) is 11.6 Å². The fourth-order valence-electron chi connectivity index (χ4n) is 2.86. The lowest BCUT2D eigenvalue weighted by molar-refractivity contribution is 0.750. The third kappa shape index (κ3) is 3.84. The van der Waals surface area contributed by atoms with E-state index in [0.717, 1.165) is 22.8 Å². The second-order valence-electron chi connectivity index (χ2n) is 7.39. The fourth-order valence-corrected chi connectivity index (χ4v) is 2.86. The zero-order valence-corrected chi connectivity index (χ0v) is 16.2. The molecule has 25 heavy (non-hydrogen) atoms. The van der Waals surface area contributed by atoms with Crippen LogP contribution in [0.1, 0.15) is 53.0 Å². The first kappa shape index (κ1) is 19.0. The van der Waals surface area contributed by atoms with Crippen LogP contribution < -0.4 is 5.73 Å². The van der Waals surface area contributed by atoms with Gasteiger partial charge in [0.2, 0.25) is 0 Å². The van der Waals surface area contributed by atoms with Crippen LogP contribution >= 0.6 is 0 Å². The van der Waals surface area contributed by atoms with E-state index in [1.165, 1.54) is 5.56 Å². The molecule has 4 nitrogen and oxygen atoms in total. The zero-order valence-electron chi connectivity index (χ0n) is 16.2. The summed E-state index contributed by atoms with van der Waals surface area (Å²) in [5.74, 6) is 1.47. The van der Waals surface area contributed by atoms with Crippen molar-refractivity contribution in [3.63, 3.8) is 0 Å². The van der Waals surface area contributed by atoms with Crippen molar-refractivity contribution >= 4 is 11.4 Å². The molecule has 1 aromatic heterocycles. The van der Waals surface area contributed by atoms with Crippen LogP contribution in [0.15, 0.2) is 42.4 Å². The van der Waals surface area contributed by atoms with Gasteiger partial charge in [-0.05, 0) is 23.3 Å². The fraction of sp³-hybridized carbons (Fsp3) is 0.429. The maximum Gasteiger partial charge on any atom is 0.144 e. The molecule has 0 bridgehead atoms. The third-order valence-electron chi connectivity index (χ3n) is 4.43. The second kappa shape index (κ2) is 7.68. The predicted molar refractivity (Wildman–Crippen MR) is 107 cm³/mol. The van der Waals surface area contributed by atoms with Crippen molar-refractivity contribution in [3.05, 3.63) is 47.9 Å². The zero-order chi connectivity index (χ0) is 18.7.